The fourth-order valence-electron chi connectivity index (χ4n) is 10.6. The fourth-order valence-corrected chi connectivity index (χ4v) is 11.7. The van der Waals surface area contributed by atoms with Gasteiger partial charge >= 0.3 is 0 Å². The Bertz CT molecular complexity index is 3180. The van der Waals surface area contributed by atoms with Crippen molar-refractivity contribution in [3.05, 3.63) is 148 Å². The maximum atomic E-state index is 7.41. The molecule has 330 valence electrons. The smallest absolute Gasteiger partial charge is 0.297 e. The predicted molar refractivity (Wildman–Crippen MR) is 285 cm³/mol. The summed E-state index contributed by atoms with van der Waals surface area (Å²) in [6, 6.07) is 40.1. The summed E-state index contributed by atoms with van der Waals surface area (Å²) >= 11 is 1.87. The topological polar surface area (TPSA) is 19.6 Å². The highest BCUT2D eigenvalue weighted by atomic mass is 32.1. The highest BCUT2D eigenvalue weighted by molar-refractivity contribution is 7.22. The van der Waals surface area contributed by atoms with Gasteiger partial charge in [-0.25, -0.2) is 0 Å². The molecule has 5 heteroatoms. The molecule has 2 aliphatic heterocycles. The Morgan fingerprint density at radius 3 is 1.55 bits per heavy atom. The molecule has 3 nitrogen and oxygen atoms in total. The maximum absolute atomic E-state index is 7.41. The lowest BCUT2D eigenvalue weighted by atomic mass is 9.35. The van der Waals surface area contributed by atoms with Gasteiger partial charge in [0.15, 0.2) is 0 Å². The van der Waals surface area contributed by atoms with Gasteiger partial charge in [-0.1, -0.05) is 144 Å². The van der Waals surface area contributed by atoms with Gasteiger partial charge in [-0.2, -0.15) is 0 Å². The Morgan fingerprint density at radius 1 is 0.477 bits per heavy atom. The van der Waals surface area contributed by atoms with E-state index < -0.39 is 0 Å². The molecule has 8 aromatic rings. The number of hydrogen-bond donors (Lipinski definition) is 0. The lowest BCUT2D eigenvalue weighted by Crippen LogP contribution is -2.61. The summed E-state index contributed by atoms with van der Waals surface area (Å²) < 4.78 is 8.72. The Hall–Kier alpha value is -5.52. The monoisotopic (exact) mass is 872 g/mol. The summed E-state index contributed by atoms with van der Waals surface area (Å²) in [5, 5.41) is 2.45. The van der Waals surface area contributed by atoms with Gasteiger partial charge in [0.1, 0.15) is 5.58 Å². The largest absolute Gasteiger partial charge is 0.468 e. The molecule has 4 heterocycles. The molecule has 10 rings (SSSR count). The summed E-state index contributed by atoms with van der Waals surface area (Å²) in [5.41, 5.74) is 23.3. The predicted octanol–water partition coefficient (Wildman–Crippen LogP) is 15.8. The second-order valence-corrected chi connectivity index (χ2v) is 24.5. The van der Waals surface area contributed by atoms with Crippen molar-refractivity contribution in [3.8, 4) is 10.4 Å². The molecule has 0 radical (unpaired) electrons. The molecule has 6 aromatic carbocycles. The summed E-state index contributed by atoms with van der Waals surface area (Å²) in [7, 11) is 0. The van der Waals surface area contributed by atoms with E-state index in [1.807, 2.05) is 11.3 Å². The lowest BCUT2D eigenvalue weighted by molar-refractivity contribution is 0.589. The maximum Gasteiger partial charge on any atom is 0.297 e. The molecular weight excluding hydrogens is 808 g/mol. The fraction of sp³-hybridized carbons (Fsp3) is 0.333. The first-order valence-electron chi connectivity index (χ1n) is 23.6. The molecule has 0 N–H and O–H groups in total. The van der Waals surface area contributed by atoms with Gasteiger partial charge in [0.25, 0.3) is 6.71 Å². The van der Waals surface area contributed by atoms with Crippen LogP contribution < -0.4 is 26.4 Å². The normalized spacial score (nSPS) is 14.1. The number of aryl methyl sites for hydroxylation is 4. The molecule has 2 aromatic heterocycles. The molecule has 2 aliphatic rings. The van der Waals surface area contributed by atoms with Crippen LogP contribution >= 0.6 is 11.3 Å². The molecule has 0 atom stereocenters. The minimum atomic E-state index is -0.143. The van der Waals surface area contributed by atoms with E-state index in [0.29, 0.717) is 0 Å². The van der Waals surface area contributed by atoms with Crippen LogP contribution in [0.3, 0.4) is 0 Å². The number of furan rings is 1. The molecule has 0 saturated heterocycles. The first kappa shape index (κ1) is 43.4. The van der Waals surface area contributed by atoms with Crippen LogP contribution in [0.1, 0.15) is 128 Å². The van der Waals surface area contributed by atoms with Crippen molar-refractivity contribution < 1.29 is 4.42 Å². The van der Waals surface area contributed by atoms with E-state index in [4.69, 9.17) is 4.42 Å². The van der Waals surface area contributed by atoms with E-state index in [0.717, 1.165) is 22.3 Å². The third kappa shape index (κ3) is 6.98. The van der Waals surface area contributed by atoms with Gasteiger partial charge in [0, 0.05) is 32.0 Å². The van der Waals surface area contributed by atoms with Crippen molar-refractivity contribution in [2.75, 3.05) is 9.80 Å². The Morgan fingerprint density at radius 2 is 1.00 bits per heavy atom. The number of fused-ring (bicyclic) bond motifs is 7. The second kappa shape index (κ2) is 14.5. The first-order valence-corrected chi connectivity index (χ1v) is 24.4. The highest BCUT2D eigenvalue weighted by Gasteiger charge is 2.48. The molecule has 0 amide bonds. The standard InChI is InChI=1S/C60H65BN2OS/c1-34-25-41(58(8,9)10)26-35(2)53(34)62-46-29-39(51-30-38-19-17-18-20-50(38)65-51)21-23-45(46)61-52-47(62)32-43(60(14,15)16)33-48(52)63(54-36(3)27-42(28-37(54)4)59(11,12)13)55-44-31-40(57(5,6)7)22-24-49(44)64-56(55)61/h17-33H,1-16H3. The minimum Gasteiger partial charge on any atom is -0.468 e. The zero-order valence-electron chi connectivity index (χ0n) is 41.6. The number of nitrogens with zero attached hydrogens (tertiary/aromatic N) is 2. The zero-order chi connectivity index (χ0) is 46.4. The molecule has 0 fully saturated rings. The third-order valence-corrected chi connectivity index (χ3v) is 15.4. The summed E-state index contributed by atoms with van der Waals surface area (Å²) in [4.78, 5) is 6.53. The summed E-state index contributed by atoms with van der Waals surface area (Å²) in [5.74, 6) is 0. The van der Waals surface area contributed by atoms with Crippen LogP contribution in [0.15, 0.2) is 108 Å². The van der Waals surface area contributed by atoms with Gasteiger partial charge in [-0.15, -0.1) is 11.3 Å². The van der Waals surface area contributed by atoms with Crippen LogP contribution in [0.5, 0.6) is 0 Å². The van der Waals surface area contributed by atoms with E-state index in [9.17, 15) is 0 Å². The van der Waals surface area contributed by atoms with E-state index >= 15 is 0 Å². The van der Waals surface area contributed by atoms with Crippen LogP contribution in [-0.4, -0.2) is 6.71 Å². The summed E-state index contributed by atoms with van der Waals surface area (Å²) in [6.45, 7) is 37.1. The van der Waals surface area contributed by atoms with Crippen molar-refractivity contribution in [3.63, 3.8) is 0 Å². The van der Waals surface area contributed by atoms with Crippen LogP contribution in [-0.2, 0) is 21.7 Å². The van der Waals surface area contributed by atoms with Crippen molar-refractivity contribution >= 4 is 89.8 Å². The number of benzene rings is 6. The van der Waals surface area contributed by atoms with Crippen molar-refractivity contribution in [1.82, 2.24) is 0 Å². The molecule has 65 heavy (non-hydrogen) atoms. The number of thiophene rings is 1. The van der Waals surface area contributed by atoms with Gasteiger partial charge in [0.05, 0.1) is 22.7 Å². The number of hydrogen-bond acceptors (Lipinski definition) is 4. The molecule has 0 bridgehead atoms. The van der Waals surface area contributed by atoms with Gasteiger partial charge in [-0.3, -0.25) is 0 Å². The van der Waals surface area contributed by atoms with Crippen molar-refractivity contribution in [1.29, 1.82) is 0 Å². The van der Waals surface area contributed by atoms with Gasteiger partial charge < -0.3 is 14.2 Å². The van der Waals surface area contributed by atoms with E-state index in [2.05, 4.69) is 224 Å². The number of rotatable bonds is 3. The van der Waals surface area contributed by atoms with Crippen molar-refractivity contribution in [2.24, 2.45) is 0 Å². The minimum absolute atomic E-state index is 0.0125. The highest BCUT2D eigenvalue weighted by Crippen LogP contribution is 2.52. The lowest BCUT2D eigenvalue weighted by Gasteiger charge is -2.45. The Kier molecular flexibility index (Phi) is 9.67. The Balaban J connectivity index is 1.36. The summed E-state index contributed by atoms with van der Waals surface area (Å²) in [6.07, 6.45) is 0. The Labute approximate surface area is 392 Å². The average Bonchev–Trinajstić information content (AvgIpc) is 3.82. The van der Waals surface area contributed by atoms with Crippen LogP contribution in [0.25, 0.3) is 31.5 Å². The first-order chi connectivity index (χ1) is 30.4. The zero-order valence-corrected chi connectivity index (χ0v) is 42.4. The molecule has 0 saturated carbocycles. The SMILES string of the molecule is Cc1cc(C(C)(C)C)cc(C)c1N1c2cc(-c3cc4ccccc4s3)ccc2B2c3oc4ccc(C(C)(C)C)cc4c3N(c3c(C)cc(C(C)(C)C)cc3C)c3cc(C(C)(C)C)cc1c32. The third-order valence-electron chi connectivity index (χ3n) is 14.3. The second-order valence-electron chi connectivity index (χ2n) is 23.4. The molecule has 0 spiro atoms. The van der Waals surface area contributed by atoms with Crippen LogP contribution in [0.4, 0.5) is 34.1 Å². The molecular formula is C60H65BN2OS. The number of anilines is 6. The van der Waals surface area contributed by atoms with Crippen LogP contribution in [0, 0.1) is 27.7 Å². The van der Waals surface area contributed by atoms with E-state index in [1.165, 1.54) is 104 Å². The van der Waals surface area contributed by atoms with Gasteiger partial charge in [-0.05, 0) is 158 Å². The molecule has 0 unspecified atom stereocenters. The van der Waals surface area contributed by atoms with E-state index in [1.54, 1.807) is 0 Å². The van der Waals surface area contributed by atoms with E-state index in [-0.39, 0.29) is 28.4 Å². The van der Waals surface area contributed by atoms with Crippen LogP contribution in [0.2, 0.25) is 0 Å². The van der Waals surface area contributed by atoms with Crippen molar-refractivity contribution in [2.45, 2.75) is 132 Å². The average molecular weight is 873 g/mol. The quantitative estimate of drug-likeness (QED) is 0.165. The van der Waals surface area contributed by atoms with Gasteiger partial charge in [0.2, 0.25) is 0 Å². The molecule has 0 aliphatic carbocycles.